The Morgan fingerprint density at radius 3 is 3.08 bits per heavy atom. The number of carbonyl (C=O) groups excluding carboxylic acids is 1. The highest BCUT2D eigenvalue weighted by Crippen LogP contribution is 2.25. The molecule has 3 N–H and O–H groups in total. The van der Waals surface area contributed by atoms with Crippen molar-refractivity contribution in [1.82, 2.24) is 5.43 Å². The average Bonchev–Trinajstić information content (AvgIpc) is 2.48. The minimum Gasteiger partial charge on any atom is -0.350 e. The number of carbonyl (C=O) groups is 1. The third-order valence-electron chi connectivity index (χ3n) is 2.27. The van der Waals surface area contributed by atoms with Crippen LogP contribution in [0.15, 0.2) is 5.10 Å². The number of nitrogens with one attached hydrogen (secondary N) is 1. The lowest BCUT2D eigenvalue weighted by Gasteiger charge is -2.00. The van der Waals surface area contributed by atoms with Crippen molar-refractivity contribution in [3.8, 4) is 0 Å². The SMILES string of the molecule is CCC1CC/C(=N/NC(N)=O)C1. The molecule has 0 saturated heterocycles. The van der Waals surface area contributed by atoms with Gasteiger partial charge in [-0.15, -0.1) is 0 Å². The van der Waals surface area contributed by atoms with E-state index in [1.807, 2.05) is 0 Å². The highest BCUT2D eigenvalue weighted by molar-refractivity contribution is 5.87. The van der Waals surface area contributed by atoms with Crippen molar-refractivity contribution in [3.63, 3.8) is 0 Å². The molecule has 4 heteroatoms. The summed E-state index contributed by atoms with van der Waals surface area (Å²) in [5.74, 6) is 0.749. The largest absolute Gasteiger partial charge is 0.350 e. The van der Waals surface area contributed by atoms with Crippen molar-refractivity contribution < 1.29 is 4.79 Å². The van der Waals surface area contributed by atoms with E-state index in [1.54, 1.807) is 0 Å². The second-order valence-electron chi connectivity index (χ2n) is 3.17. The smallest absolute Gasteiger partial charge is 0.332 e. The monoisotopic (exact) mass is 169 g/mol. The quantitative estimate of drug-likeness (QED) is 0.599. The molecule has 0 heterocycles. The van der Waals surface area contributed by atoms with Gasteiger partial charge in [0, 0.05) is 5.71 Å². The number of amides is 2. The van der Waals surface area contributed by atoms with Crippen LogP contribution in [0.5, 0.6) is 0 Å². The van der Waals surface area contributed by atoms with E-state index in [1.165, 1.54) is 12.8 Å². The van der Waals surface area contributed by atoms with Crippen LogP contribution in [0.4, 0.5) is 4.79 Å². The maximum absolute atomic E-state index is 10.3. The highest BCUT2D eigenvalue weighted by Gasteiger charge is 2.18. The Morgan fingerprint density at radius 2 is 2.58 bits per heavy atom. The summed E-state index contributed by atoms with van der Waals surface area (Å²) in [6, 6.07) is -0.581. The molecule has 12 heavy (non-hydrogen) atoms. The molecule has 0 bridgehead atoms. The lowest BCUT2D eigenvalue weighted by atomic mass is 10.1. The van der Waals surface area contributed by atoms with Crippen LogP contribution in [0.1, 0.15) is 32.6 Å². The van der Waals surface area contributed by atoms with Crippen molar-refractivity contribution >= 4 is 11.7 Å². The predicted octanol–water partition coefficient (Wildman–Crippen LogP) is 1.22. The Morgan fingerprint density at radius 1 is 1.83 bits per heavy atom. The summed E-state index contributed by atoms with van der Waals surface area (Å²) in [7, 11) is 0. The van der Waals surface area contributed by atoms with Crippen LogP contribution in [0.3, 0.4) is 0 Å². The summed E-state index contributed by atoms with van der Waals surface area (Å²) in [6.45, 7) is 2.18. The summed E-state index contributed by atoms with van der Waals surface area (Å²) in [6.07, 6.45) is 4.39. The van der Waals surface area contributed by atoms with Gasteiger partial charge < -0.3 is 5.73 Å². The molecule has 0 aromatic carbocycles. The van der Waals surface area contributed by atoms with Gasteiger partial charge in [-0.2, -0.15) is 5.10 Å². The summed E-state index contributed by atoms with van der Waals surface area (Å²) in [4.78, 5) is 10.3. The number of primary amides is 1. The van der Waals surface area contributed by atoms with Crippen LogP contribution in [0.2, 0.25) is 0 Å². The number of hydrazone groups is 1. The Labute approximate surface area is 72.2 Å². The standard InChI is InChI=1S/C8H15N3O/c1-2-6-3-4-7(5-6)10-11-8(9)12/h6H,2-5H2,1H3,(H3,9,11,12)/b10-7-. The maximum atomic E-state index is 10.3. The van der Waals surface area contributed by atoms with Gasteiger partial charge in [-0.3, -0.25) is 0 Å². The molecule has 1 rings (SSSR count). The molecule has 1 aliphatic rings. The lowest BCUT2D eigenvalue weighted by Crippen LogP contribution is -2.25. The molecule has 1 saturated carbocycles. The van der Waals surface area contributed by atoms with Gasteiger partial charge in [0.15, 0.2) is 0 Å². The van der Waals surface area contributed by atoms with Crippen LogP contribution in [0.25, 0.3) is 0 Å². The van der Waals surface area contributed by atoms with Crippen LogP contribution >= 0.6 is 0 Å². The van der Waals surface area contributed by atoms with Crippen LogP contribution in [-0.2, 0) is 0 Å². The molecule has 68 valence electrons. The molecule has 1 atom stereocenters. The first-order chi connectivity index (χ1) is 5.72. The Kier molecular flexibility index (Phi) is 3.08. The van der Waals surface area contributed by atoms with E-state index in [-0.39, 0.29) is 0 Å². The fourth-order valence-corrected chi connectivity index (χ4v) is 1.49. The molecule has 1 fully saturated rings. The van der Waals surface area contributed by atoms with E-state index in [0.717, 1.165) is 24.5 Å². The first-order valence-electron chi connectivity index (χ1n) is 4.33. The van der Waals surface area contributed by atoms with Gasteiger partial charge in [0.1, 0.15) is 0 Å². The molecular weight excluding hydrogens is 154 g/mol. The zero-order valence-corrected chi connectivity index (χ0v) is 7.34. The molecule has 2 amide bonds. The molecule has 0 aromatic rings. The first-order valence-corrected chi connectivity index (χ1v) is 4.33. The summed E-state index contributed by atoms with van der Waals surface area (Å²) < 4.78 is 0. The van der Waals surface area contributed by atoms with Crippen molar-refractivity contribution in [1.29, 1.82) is 0 Å². The van der Waals surface area contributed by atoms with E-state index in [2.05, 4.69) is 17.5 Å². The van der Waals surface area contributed by atoms with Gasteiger partial charge in [-0.05, 0) is 25.2 Å². The van der Waals surface area contributed by atoms with E-state index < -0.39 is 6.03 Å². The van der Waals surface area contributed by atoms with E-state index in [4.69, 9.17) is 5.73 Å². The fourth-order valence-electron chi connectivity index (χ4n) is 1.49. The van der Waals surface area contributed by atoms with E-state index in [9.17, 15) is 4.79 Å². The van der Waals surface area contributed by atoms with E-state index >= 15 is 0 Å². The Balaban J connectivity index is 2.35. The second-order valence-corrected chi connectivity index (χ2v) is 3.17. The van der Waals surface area contributed by atoms with Crippen molar-refractivity contribution in [2.75, 3.05) is 0 Å². The Hall–Kier alpha value is -1.06. The molecule has 0 aliphatic heterocycles. The minimum atomic E-state index is -0.581. The van der Waals surface area contributed by atoms with Crippen LogP contribution in [-0.4, -0.2) is 11.7 Å². The number of urea groups is 1. The van der Waals surface area contributed by atoms with Gasteiger partial charge in [0.05, 0.1) is 0 Å². The lowest BCUT2D eigenvalue weighted by molar-refractivity contribution is 0.249. The van der Waals surface area contributed by atoms with Crippen molar-refractivity contribution in [3.05, 3.63) is 0 Å². The topological polar surface area (TPSA) is 67.5 Å². The second kappa shape index (κ2) is 4.09. The molecule has 4 nitrogen and oxygen atoms in total. The number of nitrogens with two attached hydrogens (primary N) is 1. The van der Waals surface area contributed by atoms with Crippen molar-refractivity contribution in [2.24, 2.45) is 16.8 Å². The average molecular weight is 169 g/mol. The summed E-state index contributed by atoms with van der Waals surface area (Å²) in [5, 5.41) is 3.91. The molecule has 0 radical (unpaired) electrons. The van der Waals surface area contributed by atoms with E-state index in [0.29, 0.717) is 0 Å². The van der Waals surface area contributed by atoms with Gasteiger partial charge in [-0.25, -0.2) is 10.2 Å². The normalized spacial score (nSPS) is 26.1. The maximum Gasteiger partial charge on any atom is 0.332 e. The van der Waals surface area contributed by atoms with Gasteiger partial charge in [0.25, 0.3) is 0 Å². The van der Waals surface area contributed by atoms with Crippen LogP contribution < -0.4 is 11.2 Å². The summed E-state index contributed by atoms with van der Waals surface area (Å²) >= 11 is 0. The number of hydrogen-bond donors (Lipinski definition) is 2. The first kappa shape index (κ1) is 9.03. The Bertz CT molecular complexity index is 200. The van der Waals surface area contributed by atoms with Gasteiger partial charge >= 0.3 is 6.03 Å². The third-order valence-corrected chi connectivity index (χ3v) is 2.27. The van der Waals surface area contributed by atoms with Gasteiger partial charge in [-0.1, -0.05) is 13.3 Å². The number of rotatable bonds is 2. The minimum absolute atomic E-state index is 0.581. The molecule has 1 aliphatic carbocycles. The van der Waals surface area contributed by atoms with Gasteiger partial charge in [0.2, 0.25) is 0 Å². The molecule has 1 unspecified atom stereocenters. The zero-order valence-electron chi connectivity index (χ0n) is 7.34. The molecule has 0 aromatic heterocycles. The van der Waals surface area contributed by atoms with Crippen molar-refractivity contribution in [2.45, 2.75) is 32.6 Å². The predicted molar refractivity (Wildman–Crippen MR) is 47.8 cm³/mol. The number of hydrogen-bond acceptors (Lipinski definition) is 2. The number of nitrogens with zero attached hydrogens (tertiary/aromatic N) is 1. The molecular formula is C8H15N3O. The van der Waals surface area contributed by atoms with Crippen LogP contribution in [0, 0.1) is 5.92 Å². The molecule has 0 spiro atoms. The summed E-state index contributed by atoms with van der Waals surface area (Å²) in [5.41, 5.74) is 8.21. The highest BCUT2D eigenvalue weighted by atomic mass is 16.2. The zero-order chi connectivity index (χ0) is 8.97. The third kappa shape index (κ3) is 2.53. The fraction of sp³-hybridized carbons (Fsp3) is 0.750.